The number of hydrogen-bond donors (Lipinski definition) is 0. The van der Waals surface area contributed by atoms with Crippen LogP contribution in [0, 0.1) is 11.3 Å². The van der Waals surface area contributed by atoms with E-state index in [-0.39, 0.29) is 5.78 Å². The van der Waals surface area contributed by atoms with Gasteiger partial charge < -0.3 is 9.47 Å². The number of methoxy groups -OCH3 is 2. The van der Waals surface area contributed by atoms with Gasteiger partial charge in [-0.2, -0.15) is 5.26 Å². The van der Waals surface area contributed by atoms with Gasteiger partial charge in [-0.3, -0.25) is 9.78 Å². The molecule has 1 unspecified atom stereocenters. The van der Waals surface area contributed by atoms with E-state index in [1.54, 1.807) is 20.4 Å². The second-order valence-corrected chi connectivity index (χ2v) is 7.99. The third-order valence-corrected chi connectivity index (χ3v) is 6.28. The van der Waals surface area contributed by atoms with Gasteiger partial charge in [0.25, 0.3) is 0 Å². The number of Topliss-reactive ketones (excluding diaryl/α,β-unsaturated/α-hetero) is 1. The zero-order valence-electron chi connectivity index (χ0n) is 16.8. The lowest BCUT2D eigenvalue weighted by atomic mass is 9.86. The molecule has 7 heteroatoms. The first-order valence-corrected chi connectivity index (χ1v) is 10.6. The molecule has 0 N–H and O–H groups in total. The summed E-state index contributed by atoms with van der Waals surface area (Å²) in [5, 5.41) is 12.1. The third-order valence-electron chi connectivity index (χ3n) is 5.37. The number of fused-ring (bicyclic) bond motifs is 1. The van der Waals surface area contributed by atoms with Gasteiger partial charge in [0.1, 0.15) is 5.01 Å². The van der Waals surface area contributed by atoms with E-state index in [1.807, 2.05) is 29.8 Å². The summed E-state index contributed by atoms with van der Waals surface area (Å²) >= 11 is 1.31. The summed E-state index contributed by atoms with van der Waals surface area (Å²) < 4.78 is 10.6. The van der Waals surface area contributed by atoms with Gasteiger partial charge in [0, 0.05) is 28.9 Å². The van der Waals surface area contributed by atoms with Crippen LogP contribution in [0.4, 0.5) is 0 Å². The second kappa shape index (κ2) is 8.64. The van der Waals surface area contributed by atoms with Gasteiger partial charge in [0.05, 0.1) is 26.0 Å². The van der Waals surface area contributed by atoms with Crippen molar-refractivity contribution in [2.45, 2.75) is 31.6 Å². The molecule has 3 aromatic rings. The van der Waals surface area contributed by atoms with E-state index in [0.717, 1.165) is 42.4 Å². The molecular formula is C23H21N3O3S. The summed E-state index contributed by atoms with van der Waals surface area (Å²) in [5.74, 6) is 0.0543. The largest absolute Gasteiger partial charge is 0.493 e. The number of thiazole rings is 1. The molecule has 1 aliphatic rings. The fourth-order valence-corrected chi connectivity index (χ4v) is 4.67. The maximum atomic E-state index is 13.2. The average molecular weight is 420 g/mol. The van der Waals surface area contributed by atoms with Crippen molar-refractivity contribution in [2.24, 2.45) is 0 Å². The van der Waals surface area contributed by atoms with Crippen molar-refractivity contribution in [3.63, 3.8) is 0 Å². The summed E-state index contributed by atoms with van der Waals surface area (Å²) in [5.41, 5.74) is 4.24. The average Bonchev–Trinajstić information content (AvgIpc) is 3.28. The Morgan fingerprint density at radius 1 is 1.17 bits per heavy atom. The van der Waals surface area contributed by atoms with Gasteiger partial charge in [-0.15, -0.1) is 11.3 Å². The van der Waals surface area contributed by atoms with E-state index < -0.39 is 5.92 Å². The van der Waals surface area contributed by atoms with Crippen molar-refractivity contribution < 1.29 is 14.3 Å². The van der Waals surface area contributed by atoms with Crippen molar-refractivity contribution in [1.82, 2.24) is 9.97 Å². The number of ketones is 1. The van der Waals surface area contributed by atoms with Gasteiger partial charge in [-0.1, -0.05) is 0 Å². The lowest BCUT2D eigenvalue weighted by molar-refractivity contribution is 0.0977. The Morgan fingerprint density at radius 2 is 1.97 bits per heavy atom. The monoisotopic (exact) mass is 419 g/mol. The topological polar surface area (TPSA) is 85.1 Å². The van der Waals surface area contributed by atoms with E-state index in [1.165, 1.54) is 11.3 Å². The summed E-state index contributed by atoms with van der Waals surface area (Å²) in [6, 6.07) is 7.67. The van der Waals surface area contributed by atoms with Crippen LogP contribution in [0.2, 0.25) is 0 Å². The smallest absolute Gasteiger partial charge is 0.188 e. The summed E-state index contributed by atoms with van der Waals surface area (Å²) in [6.07, 6.45) is 7.38. The third kappa shape index (κ3) is 3.66. The number of hydrogen-bond acceptors (Lipinski definition) is 7. The molecule has 0 aliphatic heterocycles. The van der Waals surface area contributed by atoms with E-state index in [0.29, 0.717) is 27.8 Å². The van der Waals surface area contributed by atoms with Gasteiger partial charge >= 0.3 is 0 Å². The van der Waals surface area contributed by atoms with Crippen LogP contribution >= 0.6 is 11.3 Å². The molecule has 0 radical (unpaired) electrons. The molecule has 4 rings (SSSR count). The van der Waals surface area contributed by atoms with Crippen LogP contribution in [0.5, 0.6) is 11.5 Å². The zero-order chi connectivity index (χ0) is 21.1. The second-order valence-electron chi connectivity index (χ2n) is 7.10. The first-order chi connectivity index (χ1) is 14.7. The fourth-order valence-electron chi connectivity index (χ4n) is 3.80. The molecule has 0 bridgehead atoms. The normalized spacial score (nSPS) is 13.8. The number of carbonyl (C=O) groups excluding carboxylic acids is 1. The molecule has 1 atom stereocenters. The minimum absolute atomic E-state index is 0.225. The highest BCUT2D eigenvalue weighted by Gasteiger charge is 2.28. The molecule has 0 spiro atoms. The van der Waals surface area contributed by atoms with Crippen LogP contribution in [0.25, 0.3) is 11.3 Å². The zero-order valence-corrected chi connectivity index (χ0v) is 17.7. The van der Waals surface area contributed by atoms with Crippen molar-refractivity contribution in [3.8, 4) is 28.8 Å². The van der Waals surface area contributed by atoms with Crippen LogP contribution in [-0.4, -0.2) is 30.0 Å². The first-order valence-electron chi connectivity index (χ1n) is 9.73. The number of nitrogens with zero attached hydrogens (tertiary/aromatic N) is 3. The van der Waals surface area contributed by atoms with E-state index in [2.05, 4.69) is 16.0 Å². The number of aromatic nitrogens is 2. The number of aryl methyl sites for hydroxylation is 1. The maximum absolute atomic E-state index is 13.2. The Hall–Kier alpha value is -3.24. The number of pyridine rings is 1. The molecule has 2 heterocycles. The molecule has 0 fully saturated rings. The Balaban J connectivity index is 1.65. The number of carbonyl (C=O) groups is 1. The van der Waals surface area contributed by atoms with Crippen molar-refractivity contribution >= 4 is 17.1 Å². The fraction of sp³-hybridized carbons (Fsp3) is 0.304. The SMILES string of the molecule is COc1ccc(-c2csc(C(C#N)C(=O)c3cncc4c3CCCC4)n2)cc1OC. The molecule has 152 valence electrons. The van der Waals surface area contributed by atoms with Crippen LogP contribution in [0.1, 0.15) is 45.3 Å². The van der Waals surface area contributed by atoms with Crippen molar-refractivity contribution in [2.75, 3.05) is 14.2 Å². The van der Waals surface area contributed by atoms with E-state index in [4.69, 9.17) is 9.47 Å². The number of ether oxygens (including phenoxy) is 2. The molecular weight excluding hydrogens is 398 g/mol. The molecule has 0 saturated heterocycles. The van der Waals surface area contributed by atoms with E-state index in [9.17, 15) is 10.1 Å². The number of benzene rings is 1. The molecule has 0 saturated carbocycles. The molecule has 0 amide bonds. The molecule has 30 heavy (non-hydrogen) atoms. The molecule has 6 nitrogen and oxygen atoms in total. The molecule has 2 aromatic heterocycles. The molecule has 1 aliphatic carbocycles. The Morgan fingerprint density at radius 3 is 2.73 bits per heavy atom. The highest BCUT2D eigenvalue weighted by molar-refractivity contribution is 7.10. The number of rotatable bonds is 6. The van der Waals surface area contributed by atoms with Crippen LogP contribution < -0.4 is 9.47 Å². The highest BCUT2D eigenvalue weighted by atomic mass is 32.1. The van der Waals surface area contributed by atoms with Crippen LogP contribution in [-0.2, 0) is 12.8 Å². The maximum Gasteiger partial charge on any atom is 0.188 e. The minimum atomic E-state index is -0.945. The standard InChI is InChI=1S/C23H21N3O3S/c1-28-20-8-7-14(9-21(20)29-2)19-13-30-23(26-19)17(10-24)22(27)18-12-25-11-15-5-3-4-6-16(15)18/h7-9,11-13,17H,3-6H2,1-2H3. The van der Waals surface area contributed by atoms with E-state index >= 15 is 0 Å². The highest BCUT2D eigenvalue weighted by Crippen LogP contribution is 2.35. The van der Waals surface area contributed by atoms with Crippen molar-refractivity contribution in [3.05, 3.63) is 57.7 Å². The Labute approximate surface area is 179 Å². The summed E-state index contributed by atoms with van der Waals surface area (Å²) in [7, 11) is 3.16. The van der Waals surface area contributed by atoms with Gasteiger partial charge in [-0.25, -0.2) is 4.98 Å². The minimum Gasteiger partial charge on any atom is -0.493 e. The number of nitriles is 1. The van der Waals surface area contributed by atoms with Crippen molar-refractivity contribution in [1.29, 1.82) is 5.26 Å². The van der Waals surface area contributed by atoms with Gasteiger partial charge in [0.2, 0.25) is 0 Å². The Kier molecular flexibility index (Phi) is 5.77. The lowest BCUT2D eigenvalue weighted by Crippen LogP contribution is -2.17. The van der Waals surface area contributed by atoms with Crippen LogP contribution in [0.15, 0.2) is 36.0 Å². The summed E-state index contributed by atoms with van der Waals surface area (Å²) in [6.45, 7) is 0. The quantitative estimate of drug-likeness (QED) is 0.543. The molecule has 1 aromatic carbocycles. The van der Waals surface area contributed by atoms with Gasteiger partial charge in [0.15, 0.2) is 23.2 Å². The lowest BCUT2D eigenvalue weighted by Gasteiger charge is -2.18. The Bertz CT molecular complexity index is 1130. The first kappa shape index (κ1) is 20.0. The van der Waals surface area contributed by atoms with Crippen LogP contribution in [0.3, 0.4) is 0 Å². The predicted molar refractivity (Wildman–Crippen MR) is 114 cm³/mol. The predicted octanol–water partition coefficient (Wildman–Crippen LogP) is 4.59. The van der Waals surface area contributed by atoms with Gasteiger partial charge in [-0.05, 0) is 55.0 Å². The summed E-state index contributed by atoms with van der Waals surface area (Å²) in [4.78, 5) is 22.1.